The quantitative estimate of drug-likeness (QED) is 0.170. The summed E-state index contributed by atoms with van der Waals surface area (Å²) in [4.78, 5) is 2.64. The topological polar surface area (TPSA) is 3.24 Å². The fraction of sp³-hybridized carbons (Fsp3) is 0.229. The van der Waals surface area contributed by atoms with E-state index in [0.717, 1.165) is 5.92 Å². The summed E-state index contributed by atoms with van der Waals surface area (Å²) in [6.07, 6.45) is 5.21. The van der Waals surface area contributed by atoms with Gasteiger partial charge in [-0.05, 0) is 170 Å². The van der Waals surface area contributed by atoms with Gasteiger partial charge < -0.3 is 4.90 Å². The van der Waals surface area contributed by atoms with E-state index in [-0.39, 0.29) is 16.2 Å². The van der Waals surface area contributed by atoms with Crippen molar-refractivity contribution < 1.29 is 0 Å². The maximum atomic E-state index is 2.78. The molecule has 3 fully saturated rings. The molecule has 16 rings (SSSR count). The standard InChI is InChI=1S/C70H57NS/c1-42-35-45-38-44-39-46(36-42)70(45)64-41-49(32-34-62(64)69(61-29-13-12-28-60(61)68(44,70)4)58-26-10-6-20-52(58)53-21-7-11-27-59(53)69)71(48-31-33-54-51-19-5-9-25-57(51)67(2,3)63(54)40-48)47-18-15-17-43(37-47)50-23-16-24-56-55-22-8-14-30-65(55)72-66(50)56/h5-34,37,40-42,44-46H,35-36,38-39H2,1-4H3/t42-,44+,45+,46-,68-,70?/m0/s1. The highest BCUT2D eigenvalue weighted by atomic mass is 32.1. The first-order chi connectivity index (χ1) is 35.2. The summed E-state index contributed by atoms with van der Waals surface area (Å²) in [5.74, 6) is 2.57. The molecule has 0 saturated heterocycles. The van der Waals surface area contributed by atoms with Crippen LogP contribution in [-0.2, 0) is 21.7 Å². The second kappa shape index (κ2) is 14.4. The number of nitrogens with zero attached hydrogens (tertiary/aromatic N) is 1. The fourth-order valence-corrected chi connectivity index (χ4v) is 18.8. The zero-order chi connectivity index (χ0) is 47.9. The first-order valence-electron chi connectivity index (χ1n) is 26.7. The van der Waals surface area contributed by atoms with Crippen molar-refractivity contribution in [3.05, 3.63) is 245 Å². The molecular formula is C70H57NS. The Bertz CT molecular complexity index is 3900. The van der Waals surface area contributed by atoms with E-state index < -0.39 is 5.41 Å². The lowest BCUT2D eigenvalue weighted by Crippen LogP contribution is -2.52. The first kappa shape index (κ1) is 41.6. The lowest BCUT2D eigenvalue weighted by Gasteiger charge is -2.54. The van der Waals surface area contributed by atoms with Gasteiger partial charge in [-0.25, -0.2) is 0 Å². The number of rotatable bonds is 4. The van der Waals surface area contributed by atoms with Crippen LogP contribution in [0.25, 0.3) is 53.6 Å². The lowest BCUT2D eigenvalue weighted by atomic mass is 9.49. The molecule has 0 amide bonds. The summed E-state index contributed by atoms with van der Waals surface area (Å²) in [6.45, 7) is 10.2. The van der Waals surface area contributed by atoms with Gasteiger partial charge in [0.25, 0.3) is 0 Å². The predicted octanol–water partition coefficient (Wildman–Crippen LogP) is 18.5. The number of thiophene rings is 1. The molecular weight excluding hydrogens is 887 g/mol. The van der Waals surface area contributed by atoms with E-state index in [0.29, 0.717) is 17.8 Å². The van der Waals surface area contributed by atoms with Crippen molar-refractivity contribution in [2.24, 2.45) is 23.7 Å². The number of fused-ring (bicyclic) bond motifs is 15. The highest BCUT2D eigenvalue weighted by molar-refractivity contribution is 7.26. The van der Waals surface area contributed by atoms with Crippen LogP contribution in [0.3, 0.4) is 0 Å². The molecule has 3 saturated carbocycles. The molecule has 6 aliphatic carbocycles. The Hall–Kier alpha value is -7.00. The lowest BCUT2D eigenvalue weighted by molar-refractivity contribution is 0.0675. The second-order valence-corrected chi connectivity index (χ2v) is 24.4. The largest absolute Gasteiger partial charge is 0.310 e. The van der Waals surface area contributed by atoms with Gasteiger partial charge in [-0.2, -0.15) is 0 Å². The summed E-state index contributed by atoms with van der Waals surface area (Å²) in [5.41, 5.74) is 22.9. The molecule has 2 spiro atoms. The average Bonchev–Trinajstić information content (AvgIpc) is 4.13. The zero-order valence-electron chi connectivity index (χ0n) is 41.5. The molecule has 2 bridgehead atoms. The molecule has 348 valence electrons. The minimum absolute atomic E-state index is 0.0203. The summed E-state index contributed by atoms with van der Waals surface area (Å²) < 4.78 is 2.69. The molecule has 0 N–H and O–H groups in total. The molecule has 1 unspecified atom stereocenters. The van der Waals surface area contributed by atoms with Gasteiger partial charge in [0.15, 0.2) is 0 Å². The van der Waals surface area contributed by atoms with E-state index in [4.69, 9.17) is 0 Å². The van der Waals surface area contributed by atoms with E-state index in [2.05, 4.69) is 233 Å². The Kier molecular flexibility index (Phi) is 8.30. The number of benzene rings is 9. The average molecular weight is 944 g/mol. The van der Waals surface area contributed by atoms with E-state index >= 15 is 0 Å². The van der Waals surface area contributed by atoms with Crippen molar-refractivity contribution in [2.45, 2.75) is 75.0 Å². The SMILES string of the molecule is C[C@H]1C[C@@H]2C[C@@H]3C[C@H](C1)C21c2cc(N(c4cccc(-c5cccc6c5sc5ccccc56)c4)c4ccc5c(c4)C(C)(C)c4ccccc4-5)ccc2C2(c4ccccc4-c4ccccc42)c2ccccc2[C@]31C. The molecule has 6 aliphatic rings. The van der Waals surface area contributed by atoms with Crippen LogP contribution in [0.1, 0.15) is 97.9 Å². The molecule has 0 aliphatic heterocycles. The third-order valence-corrected chi connectivity index (χ3v) is 21.3. The molecule has 0 radical (unpaired) electrons. The fourth-order valence-electron chi connectivity index (χ4n) is 17.6. The van der Waals surface area contributed by atoms with E-state index in [1.807, 2.05) is 11.3 Å². The Morgan fingerprint density at radius 3 is 1.67 bits per heavy atom. The highest BCUT2D eigenvalue weighted by Gasteiger charge is 2.75. The molecule has 1 aromatic heterocycles. The monoisotopic (exact) mass is 943 g/mol. The predicted molar refractivity (Wildman–Crippen MR) is 301 cm³/mol. The summed E-state index contributed by atoms with van der Waals surface area (Å²) in [6, 6.07) is 78.4. The summed E-state index contributed by atoms with van der Waals surface area (Å²) in [7, 11) is 0. The normalized spacial score (nSPS) is 24.8. The van der Waals surface area contributed by atoms with Crippen molar-refractivity contribution in [1.29, 1.82) is 0 Å². The van der Waals surface area contributed by atoms with Crippen LogP contribution >= 0.6 is 11.3 Å². The van der Waals surface area contributed by atoms with Crippen LogP contribution in [0.15, 0.2) is 200 Å². The van der Waals surface area contributed by atoms with Gasteiger partial charge in [-0.3, -0.25) is 0 Å². The zero-order valence-corrected chi connectivity index (χ0v) is 42.4. The first-order valence-corrected chi connectivity index (χ1v) is 27.5. The minimum atomic E-state index is -0.461. The van der Waals surface area contributed by atoms with E-state index in [1.165, 1.54) is 130 Å². The van der Waals surface area contributed by atoms with E-state index in [9.17, 15) is 0 Å². The summed E-state index contributed by atoms with van der Waals surface area (Å²) in [5, 5.41) is 2.67. The Labute approximate surface area is 427 Å². The molecule has 10 aromatic rings. The van der Waals surface area contributed by atoms with Gasteiger partial charge in [-0.1, -0.05) is 185 Å². The Morgan fingerprint density at radius 2 is 0.931 bits per heavy atom. The molecule has 9 aromatic carbocycles. The van der Waals surface area contributed by atoms with Crippen molar-refractivity contribution in [3.63, 3.8) is 0 Å². The maximum absolute atomic E-state index is 2.78. The van der Waals surface area contributed by atoms with Gasteiger partial charge in [0.05, 0.1) is 5.41 Å². The van der Waals surface area contributed by atoms with E-state index in [1.54, 1.807) is 11.1 Å². The highest BCUT2D eigenvalue weighted by Crippen LogP contribution is 2.79. The Balaban J connectivity index is 0.996. The third kappa shape index (κ3) is 4.96. The maximum Gasteiger partial charge on any atom is 0.0719 e. The molecule has 2 heteroatoms. The molecule has 1 nitrogen and oxygen atoms in total. The molecule has 6 atom stereocenters. The minimum Gasteiger partial charge on any atom is -0.310 e. The van der Waals surface area contributed by atoms with Gasteiger partial charge in [0.1, 0.15) is 0 Å². The number of hydrogen-bond acceptors (Lipinski definition) is 2. The Morgan fingerprint density at radius 1 is 0.403 bits per heavy atom. The molecule has 72 heavy (non-hydrogen) atoms. The van der Waals surface area contributed by atoms with Crippen molar-refractivity contribution in [3.8, 4) is 33.4 Å². The van der Waals surface area contributed by atoms with Crippen LogP contribution in [0.4, 0.5) is 17.1 Å². The van der Waals surface area contributed by atoms with Gasteiger partial charge in [0, 0.05) is 53.5 Å². The van der Waals surface area contributed by atoms with Crippen molar-refractivity contribution in [2.75, 3.05) is 4.90 Å². The van der Waals surface area contributed by atoms with Crippen LogP contribution in [0, 0.1) is 23.7 Å². The van der Waals surface area contributed by atoms with Crippen LogP contribution in [-0.4, -0.2) is 0 Å². The number of anilines is 3. The van der Waals surface area contributed by atoms with Crippen molar-refractivity contribution in [1.82, 2.24) is 0 Å². The summed E-state index contributed by atoms with van der Waals surface area (Å²) >= 11 is 1.92. The number of hydrogen-bond donors (Lipinski definition) is 0. The third-order valence-electron chi connectivity index (χ3n) is 20.1. The van der Waals surface area contributed by atoms with Gasteiger partial charge in [-0.15, -0.1) is 11.3 Å². The van der Waals surface area contributed by atoms with Gasteiger partial charge >= 0.3 is 0 Å². The molecule has 1 heterocycles. The van der Waals surface area contributed by atoms with Crippen LogP contribution in [0.5, 0.6) is 0 Å². The smallest absolute Gasteiger partial charge is 0.0719 e. The van der Waals surface area contributed by atoms with Crippen LogP contribution < -0.4 is 4.90 Å². The van der Waals surface area contributed by atoms with Crippen molar-refractivity contribution >= 4 is 48.6 Å². The second-order valence-electron chi connectivity index (χ2n) is 23.4. The van der Waals surface area contributed by atoms with Gasteiger partial charge in [0.2, 0.25) is 0 Å². The van der Waals surface area contributed by atoms with Crippen LogP contribution in [0.2, 0.25) is 0 Å².